The molecule has 4 heterocycles. The van der Waals surface area contributed by atoms with Gasteiger partial charge < -0.3 is 19.1 Å². The van der Waals surface area contributed by atoms with Gasteiger partial charge in [0, 0.05) is 44.0 Å². The summed E-state index contributed by atoms with van der Waals surface area (Å²) in [4.78, 5) is 29.6. The minimum Gasteiger partial charge on any atom is -0.360 e. The van der Waals surface area contributed by atoms with E-state index < -0.39 is 29.5 Å². The lowest BCUT2D eigenvalue weighted by Gasteiger charge is -2.37. The van der Waals surface area contributed by atoms with Gasteiger partial charge in [0.1, 0.15) is 23.6 Å². The van der Waals surface area contributed by atoms with Gasteiger partial charge in [-0.05, 0) is 43.4 Å². The van der Waals surface area contributed by atoms with Gasteiger partial charge in [0.25, 0.3) is 11.8 Å². The third kappa shape index (κ3) is 3.13. The van der Waals surface area contributed by atoms with Crippen LogP contribution in [-0.4, -0.2) is 51.7 Å². The SMILES string of the molecule is O=C(c1cc(C2CC2)on1)N1CCC2(CC1)O[C@@H]1CC[C@@H](c3cc(F)cc(F)c3)N1C2=O. The zero-order valence-corrected chi connectivity index (χ0v) is 17.4. The fraction of sp³-hybridized carbons (Fsp3) is 0.522. The molecule has 0 N–H and O–H groups in total. The van der Waals surface area contributed by atoms with E-state index in [4.69, 9.17) is 9.26 Å². The van der Waals surface area contributed by atoms with Crippen LogP contribution in [0.25, 0.3) is 0 Å². The Kier molecular flexibility index (Phi) is 4.40. The molecule has 1 aromatic carbocycles. The van der Waals surface area contributed by atoms with E-state index in [0.717, 1.165) is 24.7 Å². The number of nitrogens with zero attached hydrogens (tertiary/aromatic N) is 3. The molecule has 3 aliphatic heterocycles. The van der Waals surface area contributed by atoms with E-state index in [9.17, 15) is 18.4 Å². The molecule has 4 fully saturated rings. The Balaban J connectivity index is 1.16. The molecule has 0 radical (unpaired) electrons. The van der Waals surface area contributed by atoms with Crippen molar-refractivity contribution in [1.29, 1.82) is 0 Å². The van der Waals surface area contributed by atoms with Gasteiger partial charge in [-0.3, -0.25) is 9.59 Å². The smallest absolute Gasteiger partial charge is 0.276 e. The second-order valence-electron chi connectivity index (χ2n) is 9.26. The first-order valence-corrected chi connectivity index (χ1v) is 11.2. The predicted octanol–water partition coefficient (Wildman–Crippen LogP) is 3.53. The molecule has 9 heteroatoms. The number of ether oxygens (including phenoxy) is 1. The van der Waals surface area contributed by atoms with Crippen molar-refractivity contribution in [2.75, 3.05) is 13.1 Å². The van der Waals surface area contributed by atoms with Crippen molar-refractivity contribution in [3.63, 3.8) is 0 Å². The van der Waals surface area contributed by atoms with Crippen molar-refractivity contribution in [3.05, 3.63) is 52.9 Å². The second-order valence-corrected chi connectivity index (χ2v) is 9.26. The summed E-state index contributed by atoms with van der Waals surface area (Å²) in [6, 6.07) is 4.70. The number of piperidine rings is 1. The highest BCUT2D eigenvalue weighted by atomic mass is 19.1. The molecule has 1 saturated carbocycles. The van der Waals surface area contributed by atoms with Crippen LogP contribution in [0.15, 0.2) is 28.8 Å². The van der Waals surface area contributed by atoms with Gasteiger partial charge in [0.2, 0.25) is 0 Å². The third-order valence-corrected chi connectivity index (χ3v) is 7.17. The number of amides is 2. The van der Waals surface area contributed by atoms with Crippen LogP contribution in [0.2, 0.25) is 0 Å². The lowest BCUT2D eigenvalue weighted by atomic mass is 9.89. The molecule has 1 aromatic heterocycles. The quantitative estimate of drug-likeness (QED) is 0.726. The van der Waals surface area contributed by atoms with Crippen molar-refractivity contribution >= 4 is 11.8 Å². The van der Waals surface area contributed by atoms with Crippen molar-refractivity contribution in [1.82, 2.24) is 15.0 Å². The van der Waals surface area contributed by atoms with Gasteiger partial charge in [-0.2, -0.15) is 0 Å². The number of rotatable bonds is 3. The minimum atomic E-state index is -0.991. The zero-order valence-electron chi connectivity index (χ0n) is 17.4. The van der Waals surface area contributed by atoms with Gasteiger partial charge in [0.05, 0.1) is 6.04 Å². The zero-order chi connectivity index (χ0) is 22.0. The van der Waals surface area contributed by atoms with Crippen LogP contribution in [0, 0.1) is 11.6 Å². The number of hydrogen-bond acceptors (Lipinski definition) is 5. The molecular weight excluding hydrogens is 420 g/mol. The van der Waals surface area contributed by atoms with E-state index in [1.807, 2.05) is 0 Å². The number of likely N-dealkylation sites (tertiary alicyclic amines) is 1. The summed E-state index contributed by atoms with van der Waals surface area (Å²) in [6.45, 7) is 0.742. The first kappa shape index (κ1) is 19.8. The molecule has 4 aliphatic rings. The second kappa shape index (κ2) is 7.10. The molecule has 1 spiro atoms. The van der Waals surface area contributed by atoms with E-state index >= 15 is 0 Å². The molecule has 6 rings (SSSR count). The molecule has 2 amide bonds. The molecule has 3 saturated heterocycles. The lowest BCUT2D eigenvalue weighted by Crippen LogP contribution is -2.51. The van der Waals surface area contributed by atoms with E-state index in [-0.39, 0.29) is 11.8 Å². The first-order valence-electron chi connectivity index (χ1n) is 11.2. The number of carbonyl (C=O) groups is 2. The van der Waals surface area contributed by atoms with E-state index in [1.54, 1.807) is 15.9 Å². The van der Waals surface area contributed by atoms with Crippen LogP contribution in [0.1, 0.15) is 72.3 Å². The topological polar surface area (TPSA) is 75.9 Å². The van der Waals surface area contributed by atoms with E-state index in [0.29, 0.717) is 55.9 Å². The molecule has 7 nitrogen and oxygen atoms in total. The molecule has 32 heavy (non-hydrogen) atoms. The highest BCUT2D eigenvalue weighted by Crippen LogP contribution is 2.48. The predicted molar refractivity (Wildman–Crippen MR) is 106 cm³/mol. The molecule has 2 aromatic rings. The van der Waals surface area contributed by atoms with Gasteiger partial charge in [-0.25, -0.2) is 8.78 Å². The largest absolute Gasteiger partial charge is 0.360 e. The summed E-state index contributed by atoms with van der Waals surface area (Å²) in [5.74, 6) is -0.526. The van der Waals surface area contributed by atoms with Gasteiger partial charge in [-0.15, -0.1) is 0 Å². The number of benzene rings is 1. The Morgan fingerprint density at radius 3 is 2.44 bits per heavy atom. The number of fused-ring (bicyclic) bond motifs is 1. The molecule has 0 bridgehead atoms. The van der Waals surface area contributed by atoms with E-state index in [1.165, 1.54) is 12.1 Å². The molecule has 1 aliphatic carbocycles. The standard InChI is InChI=1S/C23H23F2N3O4/c24-15-9-14(10-16(25)11-15)18-3-4-20-28(18)22(30)23(31-20)5-7-27(8-6-23)21(29)17-12-19(32-26-17)13-1-2-13/h9-13,18,20H,1-8H2/t18-,20+/m0/s1. The van der Waals surface area contributed by atoms with Crippen LogP contribution >= 0.6 is 0 Å². The molecule has 168 valence electrons. The minimum absolute atomic E-state index is 0.153. The monoisotopic (exact) mass is 443 g/mol. The third-order valence-electron chi connectivity index (χ3n) is 7.17. The van der Waals surface area contributed by atoms with Crippen molar-refractivity contribution < 1.29 is 27.6 Å². The van der Waals surface area contributed by atoms with Gasteiger partial charge in [0.15, 0.2) is 11.3 Å². The van der Waals surface area contributed by atoms with Gasteiger partial charge in [-0.1, -0.05) is 5.16 Å². The number of halogens is 2. The average molecular weight is 443 g/mol. The number of hydrogen-bond donors (Lipinski definition) is 0. The lowest BCUT2D eigenvalue weighted by molar-refractivity contribution is -0.142. The Labute approximate surface area is 183 Å². The van der Waals surface area contributed by atoms with Crippen LogP contribution < -0.4 is 0 Å². The maximum absolute atomic E-state index is 13.8. The maximum Gasteiger partial charge on any atom is 0.276 e. The summed E-state index contributed by atoms with van der Waals surface area (Å²) in [6.07, 6.45) is 3.68. The van der Waals surface area contributed by atoms with Crippen molar-refractivity contribution in [2.24, 2.45) is 0 Å². The van der Waals surface area contributed by atoms with Crippen molar-refractivity contribution in [3.8, 4) is 0 Å². The summed E-state index contributed by atoms with van der Waals surface area (Å²) >= 11 is 0. The van der Waals surface area contributed by atoms with E-state index in [2.05, 4.69) is 5.16 Å². The number of carbonyl (C=O) groups excluding carboxylic acids is 2. The molecule has 0 unspecified atom stereocenters. The Morgan fingerprint density at radius 1 is 1.03 bits per heavy atom. The Bertz CT molecular complexity index is 1070. The summed E-state index contributed by atoms with van der Waals surface area (Å²) in [5, 5.41) is 3.93. The summed E-state index contributed by atoms with van der Waals surface area (Å²) in [7, 11) is 0. The summed E-state index contributed by atoms with van der Waals surface area (Å²) < 4.78 is 39.0. The van der Waals surface area contributed by atoms with Crippen molar-refractivity contribution in [2.45, 2.75) is 62.3 Å². The van der Waals surface area contributed by atoms with Crippen LogP contribution in [0.4, 0.5) is 8.78 Å². The fourth-order valence-electron chi connectivity index (χ4n) is 5.32. The normalized spacial score (nSPS) is 26.8. The number of aromatic nitrogens is 1. The van der Waals surface area contributed by atoms with Crippen LogP contribution in [-0.2, 0) is 9.53 Å². The average Bonchev–Trinajstić information content (AvgIpc) is 3.25. The highest BCUT2D eigenvalue weighted by molar-refractivity contribution is 5.93. The maximum atomic E-state index is 13.8. The van der Waals surface area contributed by atoms with Gasteiger partial charge >= 0.3 is 0 Å². The van der Waals surface area contributed by atoms with Crippen LogP contribution in [0.5, 0.6) is 0 Å². The Hall–Kier alpha value is -2.81. The highest BCUT2D eigenvalue weighted by Gasteiger charge is 2.58. The summed E-state index contributed by atoms with van der Waals surface area (Å²) in [5.41, 5.74) is -0.242. The first-order chi connectivity index (χ1) is 15.4. The molecule has 2 atom stereocenters. The fourth-order valence-corrected chi connectivity index (χ4v) is 5.32. The molecular formula is C23H23F2N3O4. The van der Waals surface area contributed by atoms with Crippen LogP contribution in [0.3, 0.4) is 0 Å². The Morgan fingerprint density at radius 2 is 1.75 bits per heavy atom.